The van der Waals surface area contributed by atoms with Crippen LogP contribution >= 0.6 is 0 Å². The van der Waals surface area contributed by atoms with Crippen molar-refractivity contribution in [1.29, 1.82) is 0 Å². The van der Waals surface area contributed by atoms with Crippen molar-refractivity contribution in [2.75, 3.05) is 31.1 Å². The minimum Gasteiger partial charge on any atom is -0.356 e. The lowest BCUT2D eigenvalue weighted by Gasteiger charge is -2.22. The van der Waals surface area contributed by atoms with E-state index >= 15 is 0 Å². The Morgan fingerprint density at radius 2 is 1.88 bits per heavy atom. The first-order chi connectivity index (χ1) is 11.8. The molecule has 0 N–H and O–H groups in total. The molecule has 0 bridgehead atoms. The average Bonchev–Trinajstić information content (AvgIpc) is 3.00. The monoisotopic (exact) mass is 325 g/mol. The summed E-state index contributed by atoms with van der Waals surface area (Å²) in [7, 11) is 0. The Balaban J connectivity index is 1.23. The second-order valence-electron chi connectivity index (χ2n) is 7.52. The number of hydrogen-bond acceptors (Lipinski definition) is 6. The van der Waals surface area contributed by atoms with Gasteiger partial charge in [0.25, 0.3) is 0 Å². The van der Waals surface area contributed by atoms with Crippen molar-refractivity contribution in [1.82, 2.24) is 29.6 Å². The molecule has 126 valence electrons. The van der Waals surface area contributed by atoms with E-state index in [0.29, 0.717) is 6.04 Å². The van der Waals surface area contributed by atoms with E-state index in [1.165, 1.54) is 12.8 Å². The Bertz CT molecular complexity index is 724. The van der Waals surface area contributed by atoms with Gasteiger partial charge in [-0.15, -0.1) is 10.2 Å². The van der Waals surface area contributed by atoms with Crippen molar-refractivity contribution in [2.45, 2.75) is 32.4 Å². The largest absolute Gasteiger partial charge is 0.356 e. The molecule has 5 rings (SSSR count). The first kappa shape index (κ1) is 14.3. The predicted molar refractivity (Wildman–Crippen MR) is 89.5 cm³/mol. The zero-order chi connectivity index (χ0) is 16.1. The van der Waals surface area contributed by atoms with Crippen molar-refractivity contribution in [3.8, 4) is 0 Å². The van der Waals surface area contributed by atoms with E-state index in [9.17, 15) is 0 Å². The molecule has 1 aliphatic carbocycles. The maximum absolute atomic E-state index is 4.45. The second kappa shape index (κ2) is 5.51. The molecule has 0 aromatic carbocycles. The number of aromatic nitrogens is 5. The fraction of sp³-hybridized carbons (Fsp3) is 0.647. The maximum Gasteiger partial charge on any atom is 0.147 e. The van der Waals surface area contributed by atoms with Crippen molar-refractivity contribution in [3.05, 3.63) is 30.2 Å². The van der Waals surface area contributed by atoms with Crippen LogP contribution < -0.4 is 4.90 Å². The number of nitrogens with zero attached hydrogens (tertiary/aromatic N) is 7. The smallest absolute Gasteiger partial charge is 0.147 e. The van der Waals surface area contributed by atoms with Crippen molar-refractivity contribution in [2.24, 2.45) is 11.8 Å². The summed E-state index contributed by atoms with van der Waals surface area (Å²) in [5.41, 5.74) is 1.04. The van der Waals surface area contributed by atoms with Crippen LogP contribution in [-0.2, 0) is 6.54 Å². The Hall–Kier alpha value is -2.02. The van der Waals surface area contributed by atoms with Crippen molar-refractivity contribution < 1.29 is 0 Å². The SMILES string of the molecule is Cc1cc(N2CC3CN(Cc4nncn4C4CC4)CC3C2)ncn1. The Morgan fingerprint density at radius 3 is 2.58 bits per heavy atom. The number of rotatable bonds is 4. The van der Waals surface area contributed by atoms with Crippen LogP contribution in [0.1, 0.15) is 30.4 Å². The van der Waals surface area contributed by atoms with Gasteiger partial charge in [0, 0.05) is 44.0 Å². The molecular formula is C17H23N7. The third kappa shape index (κ3) is 2.56. The van der Waals surface area contributed by atoms with Gasteiger partial charge in [-0.05, 0) is 31.6 Å². The van der Waals surface area contributed by atoms with E-state index in [1.54, 1.807) is 6.33 Å². The van der Waals surface area contributed by atoms with Crippen molar-refractivity contribution in [3.63, 3.8) is 0 Å². The number of likely N-dealkylation sites (tertiary alicyclic amines) is 1. The summed E-state index contributed by atoms with van der Waals surface area (Å²) in [4.78, 5) is 13.6. The summed E-state index contributed by atoms with van der Waals surface area (Å²) in [6.07, 6.45) is 6.14. The van der Waals surface area contributed by atoms with E-state index in [4.69, 9.17) is 0 Å². The van der Waals surface area contributed by atoms with E-state index in [1.807, 2.05) is 13.3 Å². The highest BCUT2D eigenvalue weighted by Gasteiger charge is 2.41. The highest BCUT2D eigenvalue weighted by molar-refractivity contribution is 5.40. The summed E-state index contributed by atoms with van der Waals surface area (Å²) < 4.78 is 2.28. The Morgan fingerprint density at radius 1 is 1.08 bits per heavy atom. The van der Waals surface area contributed by atoms with Gasteiger partial charge in [-0.3, -0.25) is 4.90 Å². The van der Waals surface area contributed by atoms with Gasteiger partial charge in [0.2, 0.25) is 0 Å². The first-order valence-electron chi connectivity index (χ1n) is 8.90. The number of anilines is 1. The highest BCUT2D eigenvalue weighted by Crippen LogP contribution is 2.37. The van der Waals surface area contributed by atoms with Gasteiger partial charge in [0.15, 0.2) is 0 Å². The van der Waals surface area contributed by atoms with Gasteiger partial charge in [-0.1, -0.05) is 0 Å². The van der Waals surface area contributed by atoms with Crippen LogP contribution in [-0.4, -0.2) is 55.8 Å². The molecule has 2 aromatic heterocycles. The van der Waals surface area contributed by atoms with E-state index in [2.05, 4.69) is 40.6 Å². The molecule has 2 aromatic rings. The lowest BCUT2D eigenvalue weighted by atomic mass is 10.0. The third-order valence-corrected chi connectivity index (χ3v) is 5.63. The molecule has 3 aliphatic rings. The Labute approximate surface area is 141 Å². The minimum atomic E-state index is 0.661. The Kier molecular flexibility index (Phi) is 3.29. The molecule has 2 atom stereocenters. The van der Waals surface area contributed by atoms with Crippen LogP contribution in [0.4, 0.5) is 5.82 Å². The normalized spacial score (nSPS) is 27.0. The molecule has 0 amide bonds. The molecule has 3 fully saturated rings. The topological polar surface area (TPSA) is 63.0 Å². The van der Waals surface area contributed by atoms with Gasteiger partial charge in [-0.2, -0.15) is 0 Å². The molecule has 2 unspecified atom stereocenters. The van der Waals surface area contributed by atoms with Crippen LogP contribution in [0.15, 0.2) is 18.7 Å². The van der Waals surface area contributed by atoms with Gasteiger partial charge in [-0.25, -0.2) is 9.97 Å². The molecule has 0 radical (unpaired) electrons. The maximum atomic E-state index is 4.45. The van der Waals surface area contributed by atoms with Crippen LogP contribution in [0.3, 0.4) is 0 Å². The highest BCUT2D eigenvalue weighted by atomic mass is 15.3. The zero-order valence-corrected chi connectivity index (χ0v) is 14.0. The number of fused-ring (bicyclic) bond motifs is 1. The van der Waals surface area contributed by atoms with Gasteiger partial charge < -0.3 is 9.47 Å². The molecule has 2 aliphatic heterocycles. The third-order valence-electron chi connectivity index (χ3n) is 5.63. The van der Waals surface area contributed by atoms with Crippen LogP contribution in [0.2, 0.25) is 0 Å². The standard InChI is InChI=1S/C17H23N7/c1-12-4-16(19-10-18-12)23-7-13-5-22(6-14(13)8-23)9-17-21-20-11-24(17)15-2-3-15/h4,10-11,13-15H,2-3,5-9H2,1H3. The molecule has 0 spiro atoms. The lowest BCUT2D eigenvalue weighted by Crippen LogP contribution is -2.29. The van der Waals surface area contributed by atoms with Gasteiger partial charge in [0.05, 0.1) is 6.54 Å². The lowest BCUT2D eigenvalue weighted by molar-refractivity contribution is 0.295. The van der Waals surface area contributed by atoms with Crippen LogP contribution in [0.25, 0.3) is 0 Å². The predicted octanol–water partition coefficient (Wildman–Crippen LogP) is 1.28. The zero-order valence-electron chi connectivity index (χ0n) is 14.0. The summed E-state index contributed by atoms with van der Waals surface area (Å²) in [6, 6.07) is 2.75. The van der Waals surface area contributed by atoms with Crippen LogP contribution in [0, 0.1) is 18.8 Å². The van der Waals surface area contributed by atoms with E-state index < -0.39 is 0 Å². The van der Waals surface area contributed by atoms with Gasteiger partial charge >= 0.3 is 0 Å². The summed E-state index contributed by atoms with van der Waals surface area (Å²) in [6.45, 7) is 7.49. The molecule has 24 heavy (non-hydrogen) atoms. The fourth-order valence-electron chi connectivity index (χ4n) is 4.26. The van der Waals surface area contributed by atoms with E-state index in [-0.39, 0.29) is 0 Å². The van der Waals surface area contributed by atoms with Crippen LogP contribution in [0.5, 0.6) is 0 Å². The molecular weight excluding hydrogens is 302 g/mol. The number of aryl methyl sites for hydroxylation is 1. The molecule has 1 saturated carbocycles. The molecule has 2 saturated heterocycles. The quantitative estimate of drug-likeness (QED) is 0.844. The summed E-state index contributed by atoms with van der Waals surface area (Å²) in [5.74, 6) is 3.69. The average molecular weight is 325 g/mol. The van der Waals surface area contributed by atoms with Gasteiger partial charge in [0.1, 0.15) is 24.3 Å². The molecule has 7 nitrogen and oxygen atoms in total. The molecule has 4 heterocycles. The fourth-order valence-corrected chi connectivity index (χ4v) is 4.26. The van der Waals surface area contributed by atoms with Crippen molar-refractivity contribution >= 4 is 5.82 Å². The number of hydrogen-bond donors (Lipinski definition) is 0. The minimum absolute atomic E-state index is 0.661. The molecule has 7 heteroatoms. The van der Waals surface area contributed by atoms with E-state index in [0.717, 1.165) is 61.9 Å². The first-order valence-corrected chi connectivity index (χ1v) is 8.90. The summed E-state index contributed by atoms with van der Waals surface area (Å²) >= 11 is 0. The summed E-state index contributed by atoms with van der Waals surface area (Å²) in [5, 5.41) is 8.47. The second-order valence-corrected chi connectivity index (χ2v) is 7.52.